The maximum Gasteiger partial charge on any atom is 0.165 e. The Morgan fingerprint density at radius 3 is 2.90 bits per heavy atom. The molecule has 2 rings (SSSR count). The number of pyridine rings is 1. The van der Waals surface area contributed by atoms with E-state index in [-0.39, 0.29) is 12.3 Å². The molecule has 0 bridgehead atoms. The minimum absolute atomic E-state index is 0.199. The topological polar surface area (TPSA) is 48.1 Å². The van der Waals surface area contributed by atoms with Gasteiger partial charge in [0.25, 0.3) is 0 Å². The number of halogens is 1. The predicted octanol–water partition coefficient (Wildman–Crippen LogP) is 2.15. The minimum Gasteiger partial charge on any atom is -0.490 e. The summed E-state index contributed by atoms with van der Waals surface area (Å²) in [5.74, 6) is 5.37. The summed E-state index contributed by atoms with van der Waals surface area (Å²) in [5.41, 5.74) is 6.90. The van der Waals surface area contributed by atoms with Crippen LogP contribution in [0.5, 0.6) is 5.75 Å². The summed E-state index contributed by atoms with van der Waals surface area (Å²) in [6.07, 6.45) is 2.35. The first-order valence-corrected chi connectivity index (χ1v) is 6.31. The van der Waals surface area contributed by atoms with Crippen molar-refractivity contribution in [2.45, 2.75) is 6.42 Å². The highest BCUT2D eigenvalue weighted by atomic mass is 19.1. The summed E-state index contributed by atoms with van der Waals surface area (Å²) in [5, 5.41) is 0. The lowest BCUT2D eigenvalue weighted by Crippen LogP contribution is -2.04. The lowest BCUT2D eigenvalue weighted by molar-refractivity contribution is 0.304. The van der Waals surface area contributed by atoms with Gasteiger partial charge in [0.15, 0.2) is 11.6 Å². The highest BCUT2D eigenvalue weighted by Gasteiger charge is 2.04. The standard InChI is InChI=1S/C16H15FN2O/c17-15-7-6-13(4-3-9-18)12-16(15)20-11-8-14-5-1-2-10-19-14/h1-2,5-7,10,12H,8-9,11,18H2. The number of ether oxygens (including phenoxy) is 1. The van der Waals surface area contributed by atoms with Crippen LogP contribution in [-0.4, -0.2) is 18.1 Å². The van der Waals surface area contributed by atoms with E-state index in [1.165, 1.54) is 6.07 Å². The third-order valence-corrected chi connectivity index (χ3v) is 2.61. The van der Waals surface area contributed by atoms with Crippen molar-refractivity contribution in [1.82, 2.24) is 4.98 Å². The molecule has 0 saturated carbocycles. The molecule has 0 spiro atoms. The summed E-state index contributed by atoms with van der Waals surface area (Å²) in [6.45, 7) is 0.634. The summed E-state index contributed by atoms with van der Waals surface area (Å²) in [6, 6.07) is 10.2. The summed E-state index contributed by atoms with van der Waals surface area (Å²) < 4.78 is 19.1. The molecule has 1 aromatic heterocycles. The molecule has 2 N–H and O–H groups in total. The monoisotopic (exact) mass is 270 g/mol. The Bertz CT molecular complexity index is 617. The van der Waals surface area contributed by atoms with E-state index in [0.717, 1.165) is 5.69 Å². The third-order valence-electron chi connectivity index (χ3n) is 2.61. The molecule has 0 aliphatic carbocycles. The van der Waals surface area contributed by atoms with Crippen LogP contribution in [0.15, 0.2) is 42.6 Å². The molecule has 1 aromatic carbocycles. The van der Waals surface area contributed by atoms with Crippen molar-refractivity contribution >= 4 is 0 Å². The van der Waals surface area contributed by atoms with Crippen molar-refractivity contribution in [1.29, 1.82) is 0 Å². The van der Waals surface area contributed by atoms with E-state index in [4.69, 9.17) is 10.5 Å². The first-order valence-electron chi connectivity index (χ1n) is 6.31. The molecule has 20 heavy (non-hydrogen) atoms. The molecule has 0 atom stereocenters. The van der Waals surface area contributed by atoms with Crippen LogP contribution in [0.4, 0.5) is 4.39 Å². The molecule has 1 heterocycles. The largest absolute Gasteiger partial charge is 0.490 e. The van der Waals surface area contributed by atoms with E-state index in [1.54, 1.807) is 18.3 Å². The Labute approximate surface area is 117 Å². The summed E-state index contributed by atoms with van der Waals surface area (Å²) >= 11 is 0. The van der Waals surface area contributed by atoms with Crippen molar-refractivity contribution in [2.75, 3.05) is 13.2 Å². The van der Waals surface area contributed by atoms with Gasteiger partial charge in [-0.2, -0.15) is 0 Å². The van der Waals surface area contributed by atoms with Crippen LogP contribution in [0.2, 0.25) is 0 Å². The van der Waals surface area contributed by atoms with Gasteiger partial charge in [-0.05, 0) is 30.3 Å². The van der Waals surface area contributed by atoms with Gasteiger partial charge in [0, 0.05) is 23.9 Å². The van der Waals surface area contributed by atoms with E-state index in [9.17, 15) is 4.39 Å². The molecule has 2 aromatic rings. The molecular weight excluding hydrogens is 255 g/mol. The number of benzene rings is 1. The quantitative estimate of drug-likeness (QED) is 0.866. The van der Waals surface area contributed by atoms with Crippen LogP contribution in [0.1, 0.15) is 11.3 Å². The second-order valence-electron chi connectivity index (χ2n) is 4.07. The second-order valence-corrected chi connectivity index (χ2v) is 4.07. The minimum atomic E-state index is -0.399. The molecule has 0 unspecified atom stereocenters. The predicted molar refractivity (Wildman–Crippen MR) is 75.8 cm³/mol. The second kappa shape index (κ2) is 7.27. The zero-order valence-corrected chi connectivity index (χ0v) is 11.0. The molecule has 0 aliphatic heterocycles. The van der Waals surface area contributed by atoms with Gasteiger partial charge in [0.05, 0.1) is 13.2 Å². The molecule has 0 amide bonds. The first-order chi connectivity index (χ1) is 9.79. The zero-order valence-electron chi connectivity index (χ0n) is 11.0. The number of nitrogens with zero attached hydrogens (tertiary/aromatic N) is 1. The Morgan fingerprint density at radius 1 is 1.25 bits per heavy atom. The van der Waals surface area contributed by atoms with Crippen LogP contribution >= 0.6 is 0 Å². The van der Waals surface area contributed by atoms with Gasteiger partial charge in [0.1, 0.15) is 0 Å². The van der Waals surface area contributed by atoms with Crippen molar-refractivity contribution in [3.05, 3.63) is 59.7 Å². The fourth-order valence-corrected chi connectivity index (χ4v) is 1.66. The molecule has 102 valence electrons. The van der Waals surface area contributed by atoms with Gasteiger partial charge in [-0.15, -0.1) is 0 Å². The number of nitrogens with two attached hydrogens (primary N) is 1. The first kappa shape index (κ1) is 14.0. The van der Waals surface area contributed by atoms with Gasteiger partial charge in [-0.1, -0.05) is 17.9 Å². The molecule has 4 heteroatoms. The molecular formula is C16H15FN2O. The van der Waals surface area contributed by atoms with Crippen molar-refractivity contribution in [3.8, 4) is 17.6 Å². The smallest absolute Gasteiger partial charge is 0.165 e. The molecule has 0 aliphatic rings. The van der Waals surface area contributed by atoms with Crippen LogP contribution in [0.3, 0.4) is 0 Å². The summed E-state index contributed by atoms with van der Waals surface area (Å²) in [4.78, 5) is 4.18. The normalized spacial score (nSPS) is 9.70. The van der Waals surface area contributed by atoms with Gasteiger partial charge in [-0.3, -0.25) is 4.98 Å². The maximum atomic E-state index is 13.6. The average molecular weight is 270 g/mol. The lowest BCUT2D eigenvalue weighted by Gasteiger charge is -2.07. The fourth-order valence-electron chi connectivity index (χ4n) is 1.66. The van der Waals surface area contributed by atoms with E-state index in [1.807, 2.05) is 18.2 Å². The van der Waals surface area contributed by atoms with E-state index < -0.39 is 5.82 Å². The highest BCUT2D eigenvalue weighted by Crippen LogP contribution is 2.18. The van der Waals surface area contributed by atoms with Gasteiger partial charge >= 0.3 is 0 Å². The fraction of sp³-hybridized carbons (Fsp3) is 0.188. The van der Waals surface area contributed by atoms with E-state index in [0.29, 0.717) is 18.6 Å². The molecule has 0 saturated heterocycles. The number of hydrogen-bond donors (Lipinski definition) is 1. The zero-order chi connectivity index (χ0) is 14.2. The molecule has 3 nitrogen and oxygen atoms in total. The van der Waals surface area contributed by atoms with Crippen LogP contribution in [0, 0.1) is 17.7 Å². The Hall–Kier alpha value is -2.38. The van der Waals surface area contributed by atoms with Crippen molar-refractivity contribution in [2.24, 2.45) is 5.73 Å². The highest BCUT2D eigenvalue weighted by molar-refractivity contribution is 5.40. The van der Waals surface area contributed by atoms with Crippen molar-refractivity contribution in [3.63, 3.8) is 0 Å². The SMILES string of the molecule is NCC#Cc1ccc(F)c(OCCc2ccccn2)c1. The number of hydrogen-bond acceptors (Lipinski definition) is 3. The Kier molecular flexibility index (Phi) is 5.10. The van der Waals surface area contributed by atoms with Gasteiger partial charge in [0.2, 0.25) is 0 Å². The molecule has 0 radical (unpaired) electrons. The van der Waals surface area contributed by atoms with E-state index >= 15 is 0 Å². The van der Waals surface area contributed by atoms with Crippen molar-refractivity contribution < 1.29 is 9.13 Å². The lowest BCUT2D eigenvalue weighted by atomic mass is 10.2. The number of rotatable bonds is 4. The van der Waals surface area contributed by atoms with Gasteiger partial charge < -0.3 is 10.5 Å². The van der Waals surface area contributed by atoms with Crippen LogP contribution in [0.25, 0.3) is 0 Å². The van der Waals surface area contributed by atoms with Crippen LogP contribution in [-0.2, 0) is 6.42 Å². The maximum absolute atomic E-state index is 13.6. The molecule has 0 fully saturated rings. The van der Waals surface area contributed by atoms with Crippen LogP contribution < -0.4 is 10.5 Å². The third kappa shape index (κ3) is 4.08. The average Bonchev–Trinajstić information content (AvgIpc) is 2.49. The van der Waals surface area contributed by atoms with E-state index in [2.05, 4.69) is 16.8 Å². The van der Waals surface area contributed by atoms with Gasteiger partial charge in [-0.25, -0.2) is 4.39 Å². The number of aromatic nitrogens is 1. The summed E-state index contributed by atoms with van der Waals surface area (Å²) in [7, 11) is 0. The Morgan fingerprint density at radius 2 is 2.15 bits per heavy atom. The Balaban J connectivity index is 1.98.